The van der Waals surface area contributed by atoms with E-state index >= 15 is 0 Å². The van der Waals surface area contributed by atoms with Crippen molar-refractivity contribution >= 4 is 0 Å². The van der Waals surface area contributed by atoms with Crippen molar-refractivity contribution in [3.8, 4) is 0 Å². The third-order valence-corrected chi connectivity index (χ3v) is 2.81. The molecule has 2 N–H and O–H groups in total. The largest absolute Gasteiger partial charge is 0.404 e. The lowest BCUT2D eigenvalue weighted by molar-refractivity contribution is -0.169. The molecule has 0 saturated carbocycles. The highest BCUT2D eigenvalue weighted by Crippen LogP contribution is 2.29. The predicted octanol–water partition coefficient (Wildman–Crippen LogP) is 2.16. The molecule has 0 rings (SSSR count). The Labute approximate surface area is 89.6 Å². The van der Waals surface area contributed by atoms with Crippen molar-refractivity contribution in [1.29, 1.82) is 0 Å². The standard InChI is InChI=1S/C10H21F3N2/c1-5-6-8(7(2)14-3)9(15-4)10(11,12)13/h7-9,14-15H,5-6H2,1-4H3. The first-order chi connectivity index (χ1) is 6.88. The highest BCUT2D eigenvalue weighted by atomic mass is 19.4. The van der Waals surface area contributed by atoms with Gasteiger partial charge in [0.15, 0.2) is 0 Å². The van der Waals surface area contributed by atoms with Gasteiger partial charge in [-0.3, -0.25) is 0 Å². The van der Waals surface area contributed by atoms with Gasteiger partial charge in [0.2, 0.25) is 0 Å². The molecule has 92 valence electrons. The molecule has 5 heteroatoms. The van der Waals surface area contributed by atoms with E-state index < -0.39 is 18.1 Å². The van der Waals surface area contributed by atoms with E-state index in [4.69, 9.17) is 0 Å². The first kappa shape index (κ1) is 14.7. The van der Waals surface area contributed by atoms with E-state index in [1.54, 1.807) is 14.0 Å². The summed E-state index contributed by atoms with van der Waals surface area (Å²) in [6, 6.07) is -1.58. The second-order valence-electron chi connectivity index (χ2n) is 3.84. The second kappa shape index (κ2) is 6.33. The first-order valence-corrected chi connectivity index (χ1v) is 5.29. The van der Waals surface area contributed by atoms with Crippen LogP contribution in [0.25, 0.3) is 0 Å². The SMILES string of the molecule is CCCC(C(C)NC)C(NC)C(F)(F)F. The summed E-state index contributed by atoms with van der Waals surface area (Å²) in [6.07, 6.45) is -2.86. The van der Waals surface area contributed by atoms with Gasteiger partial charge in [-0.1, -0.05) is 13.3 Å². The molecule has 0 spiro atoms. The lowest BCUT2D eigenvalue weighted by atomic mass is 9.88. The predicted molar refractivity (Wildman–Crippen MR) is 55.8 cm³/mol. The lowest BCUT2D eigenvalue weighted by Crippen LogP contribution is -2.51. The van der Waals surface area contributed by atoms with Crippen LogP contribution in [0.1, 0.15) is 26.7 Å². The molecule has 0 bridgehead atoms. The summed E-state index contributed by atoms with van der Waals surface area (Å²) in [7, 11) is 3.06. The van der Waals surface area contributed by atoms with E-state index in [1.165, 1.54) is 7.05 Å². The van der Waals surface area contributed by atoms with Gasteiger partial charge >= 0.3 is 6.18 Å². The van der Waals surface area contributed by atoms with Gasteiger partial charge in [-0.25, -0.2) is 0 Å². The minimum Gasteiger partial charge on any atom is -0.317 e. The van der Waals surface area contributed by atoms with Crippen LogP contribution in [0.5, 0.6) is 0 Å². The van der Waals surface area contributed by atoms with Crippen molar-refractivity contribution in [3.05, 3.63) is 0 Å². The normalized spacial score (nSPS) is 18.6. The zero-order valence-corrected chi connectivity index (χ0v) is 9.78. The Balaban J connectivity index is 4.69. The Morgan fingerprint density at radius 1 is 1.13 bits per heavy atom. The molecule has 0 heterocycles. The maximum absolute atomic E-state index is 12.7. The molecule has 0 radical (unpaired) electrons. The van der Waals surface area contributed by atoms with Crippen LogP contribution in [0.2, 0.25) is 0 Å². The zero-order chi connectivity index (χ0) is 12.1. The molecule has 3 atom stereocenters. The van der Waals surface area contributed by atoms with Gasteiger partial charge in [0.05, 0.1) is 0 Å². The van der Waals surface area contributed by atoms with Crippen molar-refractivity contribution in [2.45, 2.75) is 44.9 Å². The van der Waals surface area contributed by atoms with Crippen LogP contribution < -0.4 is 10.6 Å². The second-order valence-corrected chi connectivity index (χ2v) is 3.84. The van der Waals surface area contributed by atoms with Gasteiger partial charge in [0, 0.05) is 6.04 Å². The summed E-state index contributed by atoms with van der Waals surface area (Å²) in [5.41, 5.74) is 0. The Bertz CT molecular complexity index is 171. The van der Waals surface area contributed by atoms with E-state index in [0.717, 1.165) is 6.42 Å². The van der Waals surface area contributed by atoms with Crippen molar-refractivity contribution in [3.63, 3.8) is 0 Å². The third-order valence-electron chi connectivity index (χ3n) is 2.81. The minimum absolute atomic E-state index is 0.149. The average molecular weight is 226 g/mol. The molecule has 0 fully saturated rings. The number of hydrogen-bond donors (Lipinski definition) is 2. The molecule has 0 aliphatic heterocycles. The molecule has 3 unspecified atom stereocenters. The van der Waals surface area contributed by atoms with Crippen molar-refractivity contribution in [2.24, 2.45) is 5.92 Å². The molecule has 0 aliphatic carbocycles. The summed E-state index contributed by atoms with van der Waals surface area (Å²) in [5, 5.41) is 5.27. The minimum atomic E-state index is -4.18. The number of nitrogens with one attached hydrogen (secondary N) is 2. The molecule has 0 aromatic rings. The summed E-state index contributed by atoms with van der Waals surface area (Å²) in [6.45, 7) is 3.69. The topological polar surface area (TPSA) is 24.1 Å². The maximum atomic E-state index is 12.7. The molecule has 0 saturated heterocycles. The number of halogens is 3. The molecule has 2 nitrogen and oxygen atoms in total. The molecular weight excluding hydrogens is 205 g/mol. The average Bonchev–Trinajstić information content (AvgIpc) is 2.14. The van der Waals surface area contributed by atoms with Crippen LogP contribution in [0, 0.1) is 5.92 Å². The van der Waals surface area contributed by atoms with Gasteiger partial charge in [0.25, 0.3) is 0 Å². The fourth-order valence-corrected chi connectivity index (χ4v) is 1.87. The highest BCUT2D eigenvalue weighted by Gasteiger charge is 2.44. The number of rotatable bonds is 6. The molecule has 0 aromatic carbocycles. The summed E-state index contributed by atoms with van der Waals surface area (Å²) in [5.74, 6) is -0.426. The molecule has 0 aliphatic rings. The van der Waals surface area contributed by atoms with Gasteiger partial charge < -0.3 is 10.6 Å². The Morgan fingerprint density at radius 3 is 1.93 bits per heavy atom. The summed E-state index contributed by atoms with van der Waals surface area (Å²) < 4.78 is 38.1. The Morgan fingerprint density at radius 2 is 1.67 bits per heavy atom. The van der Waals surface area contributed by atoms with Crippen molar-refractivity contribution in [1.82, 2.24) is 10.6 Å². The summed E-state index contributed by atoms with van der Waals surface area (Å²) in [4.78, 5) is 0. The van der Waals surface area contributed by atoms with Crippen LogP contribution in [0.4, 0.5) is 13.2 Å². The molecule has 15 heavy (non-hydrogen) atoms. The van der Waals surface area contributed by atoms with E-state index in [-0.39, 0.29) is 6.04 Å². The lowest BCUT2D eigenvalue weighted by Gasteiger charge is -2.32. The Kier molecular flexibility index (Phi) is 6.20. The van der Waals surface area contributed by atoms with Gasteiger partial charge in [-0.15, -0.1) is 0 Å². The van der Waals surface area contributed by atoms with Crippen LogP contribution in [-0.4, -0.2) is 32.4 Å². The summed E-state index contributed by atoms with van der Waals surface area (Å²) >= 11 is 0. The van der Waals surface area contributed by atoms with E-state index in [1.807, 2.05) is 6.92 Å². The van der Waals surface area contributed by atoms with Gasteiger partial charge in [-0.2, -0.15) is 13.2 Å². The first-order valence-electron chi connectivity index (χ1n) is 5.29. The van der Waals surface area contributed by atoms with E-state index in [2.05, 4.69) is 10.6 Å². The molecular formula is C10H21F3N2. The van der Waals surface area contributed by atoms with Gasteiger partial charge in [0.1, 0.15) is 6.04 Å². The molecule has 0 amide bonds. The van der Waals surface area contributed by atoms with Gasteiger partial charge in [-0.05, 0) is 33.4 Å². The van der Waals surface area contributed by atoms with E-state index in [9.17, 15) is 13.2 Å². The number of hydrogen-bond acceptors (Lipinski definition) is 2. The van der Waals surface area contributed by atoms with Crippen LogP contribution in [0.15, 0.2) is 0 Å². The quantitative estimate of drug-likeness (QED) is 0.725. The Hall–Kier alpha value is -0.290. The highest BCUT2D eigenvalue weighted by molar-refractivity contribution is 4.87. The van der Waals surface area contributed by atoms with Crippen molar-refractivity contribution < 1.29 is 13.2 Å². The van der Waals surface area contributed by atoms with E-state index in [0.29, 0.717) is 6.42 Å². The fourth-order valence-electron chi connectivity index (χ4n) is 1.87. The monoisotopic (exact) mass is 226 g/mol. The van der Waals surface area contributed by atoms with Crippen LogP contribution in [-0.2, 0) is 0 Å². The third kappa shape index (κ3) is 4.38. The zero-order valence-electron chi connectivity index (χ0n) is 9.78. The maximum Gasteiger partial charge on any atom is 0.404 e. The van der Waals surface area contributed by atoms with Crippen molar-refractivity contribution in [2.75, 3.05) is 14.1 Å². The van der Waals surface area contributed by atoms with Crippen LogP contribution >= 0.6 is 0 Å². The van der Waals surface area contributed by atoms with Crippen LogP contribution in [0.3, 0.4) is 0 Å². The smallest absolute Gasteiger partial charge is 0.317 e. The molecule has 0 aromatic heterocycles. The fraction of sp³-hybridized carbons (Fsp3) is 1.00. The number of alkyl halides is 3.